The molecule has 1 saturated heterocycles. The van der Waals surface area contributed by atoms with Crippen LogP contribution < -0.4 is 0 Å². The Bertz CT molecular complexity index is 391. The van der Waals surface area contributed by atoms with Crippen LogP contribution in [0.15, 0.2) is 28.7 Å². The minimum Gasteiger partial charge on any atom is -0.481 e. The van der Waals surface area contributed by atoms with Crippen LogP contribution in [0.4, 0.5) is 0 Å². The standard InChI is InChI=1S/C12H14BrNO2/c1-14-7-9(12(15)16)6-11(14)8-2-4-10(13)5-3-8/h2-5,9,11H,6-7H2,1H3,(H,15,16)/t9-,11+/m1/s1. The van der Waals surface area contributed by atoms with E-state index in [9.17, 15) is 4.79 Å². The highest BCUT2D eigenvalue weighted by Gasteiger charge is 2.34. The molecule has 1 aromatic carbocycles. The third-order valence-electron chi connectivity index (χ3n) is 3.15. The largest absolute Gasteiger partial charge is 0.481 e. The van der Waals surface area contributed by atoms with Crippen LogP contribution in [0, 0.1) is 5.92 Å². The van der Waals surface area contributed by atoms with Crippen LogP contribution >= 0.6 is 15.9 Å². The lowest BCUT2D eigenvalue weighted by molar-refractivity contribution is -0.141. The molecule has 2 rings (SSSR count). The highest BCUT2D eigenvalue weighted by Crippen LogP contribution is 2.34. The lowest BCUT2D eigenvalue weighted by Crippen LogP contribution is -2.20. The predicted octanol–water partition coefficient (Wildman–Crippen LogP) is 2.53. The zero-order valence-electron chi connectivity index (χ0n) is 9.06. The van der Waals surface area contributed by atoms with E-state index in [1.165, 1.54) is 5.56 Å². The smallest absolute Gasteiger partial charge is 0.307 e. The third-order valence-corrected chi connectivity index (χ3v) is 3.68. The van der Waals surface area contributed by atoms with Gasteiger partial charge in [-0.3, -0.25) is 9.69 Å². The number of hydrogen-bond acceptors (Lipinski definition) is 2. The second-order valence-electron chi connectivity index (χ2n) is 4.28. The van der Waals surface area contributed by atoms with Crippen LogP contribution in [-0.2, 0) is 4.79 Å². The summed E-state index contributed by atoms with van der Waals surface area (Å²) in [4.78, 5) is 13.1. The summed E-state index contributed by atoms with van der Waals surface area (Å²) >= 11 is 3.40. The van der Waals surface area contributed by atoms with Gasteiger partial charge in [-0.25, -0.2) is 0 Å². The van der Waals surface area contributed by atoms with Crippen LogP contribution in [0.25, 0.3) is 0 Å². The van der Waals surface area contributed by atoms with E-state index in [2.05, 4.69) is 33.0 Å². The minimum atomic E-state index is -0.688. The van der Waals surface area contributed by atoms with Gasteiger partial charge in [0.15, 0.2) is 0 Å². The topological polar surface area (TPSA) is 40.5 Å². The monoisotopic (exact) mass is 283 g/mol. The Balaban J connectivity index is 2.16. The van der Waals surface area contributed by atoms with Crippen molar-refractivity contribution in [3.8, 4) is 0 Å². The predicted molar refractivity (Wildman–Crippen MR) is 65.3 cm³/mol. The highest BCUT2D eigenvalue weighted by atomic mass is 79.9. The Morgan fingerprint density at radius 3 is 2.56 bits per heavy atom. The zero-order valence-corrected chi connectivity index (χ0v) is 10.6. The van der Waals surface area contributed by atoms with Crippen molar-refractivity contribution in [3.63, 3.8) is 0 Å². The van der Waals surface area contributed by atoms with Gasteiger partial charge in [0.1, 0.15) is 0 Å². The Morgan fingerprint density at radius 2 is 2.06 bits per heavy atom. The first kappa shape index (κ1) is 11.6. The lowest BCUT2D eigenvalue weighted by Gasteiger charge is -2.19. The number of carbonyl (C=O) groups is 1. The first-order chi connectivity index (χ1) is 7.58. The maximum Gasteiger partial charge on any atom is 0.307 e. The van der Waals surface area contributed by atoms with Crippen molar-refractivity contribution in [2.24, 2.45) is 5.92 Å². The van der Waals surface area contributed by atoms with Gasteiger partial charge in [0.2, 0.25) is 0 Å². The van der Waals surface area contributed by atoms with E-state index in [0.29, 0.717) is 13.0 Å². The van der Waals surface area contributed by atoms with Gasteiger partial charge in [-0.05, 0) is 31.2 Å². The Labute approximate surface area is 103 Å². The van der Waals surface area contributed by atoms with Crippen LogP contribution in [0.2, 0.25) is 0 Å². The Hall–Kier alpha value is -0.870. The molecule has 0 bridgehead atoms. The number of carboxylic acid groups (broad SMARTS) is 1. The van der Waals surface area contributed by atoms with Gasteiger partial charge in [-0.2, -0.15) is 0 Å². The summed E-state index contributed by atoms with van der Waals surface area (Å²) in [5.41, 5.74) is 1.19. The molecule has 0 aliphatic carbocycles. The van der Waals surface area contributed by atoms with E-state index in [-0.39, 0.29) is 12.0 Å². The van der Waals surface area contributed by atoms with Gasteiger partial charge < -0.3 is 5.11 Å². The van der Waals surface area contributed by atoms with E-state index in [0.717, 1.165) is 4.47 Å². The fraction of sp³-hybridized carbons (Fsp3) is 0.417. The van der Waals surface area contributed by atoms with Crippen LogP contribution in [0.3, 0.4) is 0 Å². The number of hydrogen-bond donors (Lipinski definition) is 1. The number of aliphatic carboxylic acids is 1. The summed E-state index contributed by atoms with van der Waals surface area (Å²) in [7, 11) is 1.98. The summed E-state index contributed by atoms with van der Waals surface area (Å²) in [6.45, 7) is 0.635. The van der Waals surface area contributed by atoms with Crippen molar-refractivity contribution in [1.82, 2.24) is 4.90 Å². The lowest BCUT2D eigenvalue weighted by atomic mass is 10.0. The summed E-state index contributed by atoms with van der Waals surface area (Å²) < 4.78 is 1.05. The van der Waals surface area contributed by atoms with Crippen molar-refractivity contribution in [1.29, 1.82) is 0 Å². The number of likely N-dealkylation sites (tertiary alicyclic amines) is 1. The van der Waals surface area contributed by atoms with Crippen LogP contribution in [0.5, 0.6) is 0 Å². The summed E-state index contributed by atoms with van der Waals surface area (Å²) in [5.74, 6) is -0.926. The second-order valence-corrected chi connectivity index (χ2v) is 5.19. The average Bonchev–Trinajstić information content (AvgIpc) is 2.62. The van der Waals surface area contributed by atoms with Gasteiger partial charge in [-0.1, -0.05) is 28.1 Å². The molecule has 1 aliphatic rings. The molecule has 86 valence electrons. The van der Waals surface area contributed by atoms with Crippen molar-refractivity contribution in [2.75, 3.05) is 13.6 Å². The molecule has 1 fully saturated rings. The van der Waals surface area contributed by atoms with E-state index < -0.39 is 5.97 Å². The van der Waals surface area contributed by atoms with E-state index in [1.807, 2.05) is 19.2 Å². The molecule has 16 heavy (non-hydrogen) atoms. The average molecular weight is 284 g/mol. The third kappa shape index (κ3) is 2.28. The molecule has 1 heterocycles. The van der Waals surface area contributed by atoms with Crippen molar-refractivity contribution in [3.05, 3.63) is 34.3 Å². The van der Waals surface area contributed by atoms with E-state index in [1.54, 1.807) is 0 Å². The molecule has 0 amide bonds. The second kappa shape index (κ2) is 4.55. The van der Waals surface area contributed by atoms with Crippen LogP contribution in [-0.4, -0.2) is 29.6 Å². The zero-order chi connectivity index (χ0) is 11.7. The first-order valence-electron chi connectivity index (χ1n) is 5.26. The van der Waals surface area contributed by atoms with Crippen LogP contribution in [0.1, 0.15) is 18.0 Å². The summed E-state index contributed by atoms with van der Waals surface area (Å²) in [5, 5.41) is 9.01. The number of halogens is 1. The molecule has 0 unspecified atom stereocenters. The molecule has 1 aromatic rings. The van der Waals surface area contributed by atoms with Crippen molar-refractivity contribution < 1.29 is 9.90 Å². The highest BCUT2D eigenvalue weighted by molar-refractivity contribution is 9.10. The molecule has 2 atom stereocenters. The molecule has 0 aromatic heterocycles. The maximum absolute atomic E-state index is 10.9. The Morgan fingerprint density at radius 1 is 1.44 bits per heavy atom. The van der Waals surface area contributed by atoms with Gasteiger partial charge >= 0.3 is 5.97 Å². The molecule has 4 heteroatoms. The molecule has 3 nitrogen and oxygen atoms in total. The first-order valence-corrected chi connectivity index (χ1v) is 6.05. The molecule has 0 spiro atoms. The normalized spacial score (nSPS) is 25.9. The van der Waals surface area contributed by atoms with Crippen molar-refractivity contribution in [2.45, 2.75) is 12.5 Å². The number of nitrogens with zero attached hydrogens (tertiary/aromatic N) is 1. The maximum atomic E-state index is 10.9. The summed E-state index contributed by atoms with van der Waals surface area (Å²) in [6, 6.07) is 8.33. The molecule has 0 radical (unpaired) electrons. The van der Waals surface area contributed by atoms with Gasteiger partial charge in [0.25, 0.3) is 0 Å². The molecular formula is C12H14BrNO2. The van der Waals surface area contributed by atoms with E-state index >= 15 is 0 Å². The fourth-order valence-electron chi connectivity index (χ4n) is 2.25. The molecule has 0 saturated carbocycles. The molecular weight excluding hydrogens is 270 g/mol. The number of rotatable bonds is 2. The van der Waals surface area contributed by atoms with E-state index in [4.69, 9.17) is 5.11 Å². The fourth-order valence-corrected chi connectivity index (χ4v) is 2.52. The Kier molecular flexibility index (Phi) is 3.30. The molecule has 1 N–H and O–H groups in total. The van der Waals surface area contributed by atoms with Gasteiger partial charge in [0, 0.05) is 17.1 Å². The van der Waals surface area contributed by atoms with Gasteiger partial charge in [0.05, 0.1) is 5.92 Å². The molecule has 1 aliphatic heterocycles. The van der Waals surface area contributed by atoms with Gasteiger partial charge in [-0.15, -0.1) is 0 Å². The quantitative estimate of drug-likeness (QED) is 0.907. The number of carboxylic acids is 1. The summed E-state index contributed by atoms with van der Waals surface area (Å²) in [6.07, 6.45) is 0.702. The van der Waals surface area contributed by atoms with Crippen molar-refractivity contribution >= 4 is 21.9 Å². The SMILES string of the molecule is CN1C[C@H](C(=O)O)C[C@H]1c1ccc(Br)cc1. The number of benzene rings is 1. The minimum absolute atomic E-state index is 0.231.